The van der Waals surface area contributed by atoms with Gasteiger partial charge in [0.1, 0.15) is 11.4 Å². The van der Waals surface area contributed by atoms with Gasteiger partial charge in [0.15, 0.2) is 0 Å². The van der Waals surface area contributed by atoms with E-state index >= 15 is 0 Å². The lowest BCUT2D eigenvalue weighted by Gasteiger charge is -2.27. The molecule has 1 aliphatic heterocycles. The van der Waals surface area contributed by atoms with Crippen molar-refractivity contribution in [3.63, 3.8) is 0 Å². The van der Waals surface area contributed by atoms with Crippen molar-refractivity contribution in [2.45, 2.75) is 58.0 Å². The summed E-state index contributed by atoms with van der Waals surface area (Å²) in [5, 5.41) is 10.2. The molecule has 1 amide bonds. The number of nitrogens with zero attached hydrogens (tertiary/aromatic N) is 1. The van der Waals surface area contributed by atoms with Crippen LogP contribution in [-0.4, -0.2) is 54.1 Å². The zero-order valence-corrected chi connectivity index (χ0v) is 15.5. The summed E-state index contributed by atoms with van der Waals surface area (Å²) >= 11 is 0. The molecular formula is C19H29NO5. The highest BCUT2D eigenvalue weighted by Gasteiger charge is 2.29. The third kappa shape index (κ3) is 6.55. The molecule has 1 N–H and O–H groups in total. The highest BCUT2D eigenvalue weighted by atomic mass is 16.6. The van der Waals surface area contributed by atoms with Crippen LogP contribution >= 0.6 is 0 Å². The van der Waals surface area contributed by atoms with Crippen LogP contribution in [0.15, 0.2) is 24.3 Å². The molecular weight excluding hydrogens is 322 g/mol. The summed E-state index contributed by atoms with van der Waals surface area (Å²) in [4.78, 5) is 13.8. The molecule has 0 aromatic heterocycles. The Morgan fingerprint density at radius 3 is 2.56 bits per heavy atom. The number of rotatable bonds is 4. The van der Waals surface area contributed by atoms with E-state index < -0.39 is 11.7 Å². The van der Waals surface area contributed by atoms with E-state index in [1.54, 1.807) is 12.0 Å². The molecule has 2 atom stereocenters. The second-order valence-corrected chi connectivity index (χ2v) is 7.39. The maximum Gasteiger partial charge on any atom is 0.410 e. The lowest BCUT2D eigenvalue weighted by molar-refractivity contribution is 0.00778. The first-order chi connectivity index (χ1) is 11.8. The van der Waals surface area contributed by atoms with Crippen LogP contribution in [-0.2, 0) is 16.1 Å². The zero-order valence-electron chi connectivity index (χ0n) is 15.5. The van der Waals surface area contributed by atoms with E-state index in [2.05, 4.69) is 0 Å². The zero-order chi connectivity index (χ0) is 18.4. The maximum atomic E-state index is 12.2. The second kappa shape index (κ2) is 8.54. The molecule has 6 heteroatoms. The van der Waals surface area contributed by atoms with Crippen LogP contribution in [0.5, 0.6) is 5.75 Å². The van der Waals surface area contributed by atoms with Crippen molar-refractivity contribution in [2.75, 3.05) is 20.2 Å². The van der Waals surface area contributed by atoms with Crippen molar-refractivity contribution in [3.05, 3.63) is 29.8 Å². The Labute approximate surface area is 149 Å². The molecule has 0 saturated carbocycles. The lowest BCUT2D eigenvalue weighted by Crippen LogP contribution is -2.40. The molecule has 1 aromatic rings. The number of benzene rings is 1. The molecule has 1 fully saturated rings. The third-order valence-corrected chi connectivity index (χ3v) is 3.98. The van der Waals surface area contributed by atoms with Crippen molar-refractivity contribution >= 4 is 6.09 Å². The van der Waals surface area contributed by atoms with Gasteiger partial charge < -0.3 is 24.2 Å². The summed E-state index contributed by atoms with van der Waals surface area (Å²) in [6.07, 6.45) is 0.0878. The smallest absolute Gasteiger partial charge is 0.410 e. The fourth-order valence-electron chi connectivity index (χ4n) is 2.72. The summed E-state index contributed by atoms with van der Waals surface area (Å²) < 4.78 is 16.5. The largest absolute Gasteiger partial charge is 0.497 e. The highest BCUT2D eigenvalue weighted by Crippen LogP contribution is 2.20. The first kappa shape index (κ1) is 19.5. The van der Waals surface area contributed by atoms with E-state index in [1.165, 1.54) is 0 Å². The van der Waals surface area contributed by atoms with Gasteiger partial charge in [0.25, 0.3) is 0 Å². The lowest BCUT2D eigenvalue weighted by atomic mass is 10.1. The molecule has 1 aromatic carbocycles. The molecule has 0 bridgehead atoms. The Kier molecular flexibility index (Phi) is 6.67. The van der Waals surface area contributed by atoms with Gasteiger partial charge in [0.05, 0.1) is 32.5 Å². The van der Waals surface area contributed by atoms with Gasteiger partial charge >= 0.3 is 6.09 Å². The average molecular weight is 351 g/mol. The van der Waals surface area contributed by atoms with Crippen LogP contribution in [0.25, 0.3) is 0 Å². The summed E-state index contributed by atoms with van der Waals surface area (Å²) in [5.74, 6) is 0.807. The number of hydrogen-bond donors (Lipinski definition) is 1. The van der Waals surface area contributed by atoms with Crippen LogP contribution in [0, 0.1) is 0 Å². The predicted molar refractivity (Wildman–Crippen MR) is 94.6 cm³/mol. The number of β-amino-alcohol motifs (C(OH)–C–C–N with tert-alkyl or cyclic N) is 1. The van der Waals surface area contributed by atoms with Gasteiger partial charge in [-0.05, 0) is 44.9 Å². The van der Waals surface area contributed by atoms with Crippen molar-refractivity contribution in [2.24, 2.45) is 0 Å². The Morgan fingerprint density at radius 2 is 1.96 bits per heavy atom. The molecule has 0 aliphatic carbocycles. The molecule has 0 spiro atoms. The molecule has 6 nitrogen and oxygen atoms in total. The fraction of sp³-hybridized carbons (Fsp3) is 0.632. The van der Waals surface area contributed by atoms with Gasteiger partial charge in [0.2, 0.25) is 0 Å². The summed E-state index contributed by atoms with van der Waals surface area (Å²) in [7, 11) is 1.63. The molecule has 0 unspecified atom stereocenters. The quantitative estimate of drug-likeness (QED) is 0.903. The number of carbonyl (C=O) groups is 1. The maximum absolute atomic E-state index is 12.2. The number of carbonyl (C=O) groups excluding carboxylic acids is 1. The van der Waals surface area contributed by atoms with Gasteiger partial charge in [0, 0.05) is 13.0 Å². The number of aliphatic hydroxyl groups is 1. The van der Waals surface area contributed by atoms with Crippen LogP contribution < -0.4 is 4.74 Å². The SMILES string of the molecule is COc1ccc(CO[C@H]2CCN(C(=O)OC(C)(C)C)C[C@H](O)C2)cc1. The summed E-state index contributed by atoms with van der Waals surface area (Å²) in [5.41, 5.74) is 0.502. The summed E-state index contributed by atoms with van der Waals surface area (Å²) in [6.45, 7) is 6.75. The van der Waals surface area contributed by atoms with Crippen molar-refractivity contribution in [3.8, 4) is 5.75 Å². The van der Waals surface area contributed by atoms with Gasteiger partial charge in [-0.3, -0.25) is 0 Å². The van der Waals surface area contributed by atoms with Crippen molar-refractivity contribution in [1.29, 1.82) is 0 Å². The predicted octanol–water partition coefficient (Wildman–Crippen LogP) is 2.97. The van der Waals surface area contributed by atoms with E-state index in [9.17, 15) is 9.90 Å². The fourth-order valence-corrected chi connectivity index (χ4v) is 2.72. The van der Waals surface area contributed by atoms with Gasteiger partial charge in [-0.2, -0.15) is 0 Å². The average Bonchev–Trinajstić information content (AvgIpc) is 2.73. The monoisotopic (exact) mass is 351 g/mol. The molecule has 25 heavy (non-hydrogen) atoms. The Balaban J connectivity index is 1.86. The van der Waals surface area contributed by atoms with E-state index in [-0.39, 0.29) is 18.7 Å². The number of amides is 1. The van der Waals surface area contributed by atoms with Crippen molar-refractivity contribution in [1.82, 2.24) is 4.90 Å². The number of methoxy groups -OCH3 is 1. The Hall–Kier alpha value is -1.79. The van der Waals surface area contributed by atoms with E-state index in [0.29, 0.717) is 26.0 Å². The van der Waals surface area contributed by atoms with E-state index in [4.69, 9.17) is 14.2 Å². The molecule has 2 rings (SSSR count). The molecule has 1 heterocycles. The molecule has 0 radical (unpaired) electrons. The molecule has 140 valence electrons. The minimum atomic E-state index is -0.615. The normalized spacial score (nSPS) is 21.6. The highest BCUT2D eigenvalue weighted by molar-refractivity contribution is 5.68. The van der Waals surface area contributed by atoms with Crippen LogP contribution in [0.2, 0.25) is 0 Å². The van der Waals surface area contributed by atoms with Crippen LogP contribution in [0.3, 0.4) is 0 Å². The number of aliphatic hydroxyl groups excluding tert-OH is 1. The van der Waals surface area contributed by atoms with Crippen LogP contribution in [0.1, 0.15) is 39.2 Å². The first-order valence-corrected chi connectivity index (χ1v) is 8.67. The number of hydrogen-bond acceptors (Lipinski definition) is 5. The number of likely N-dealkylation sites (tertiary alicyclic amines) is 1. The second-order valence-electron chi connectivity index (χ2n) is 7.39. The first-order valence-electron chi connectivity index (χ1n) is 8.67. The van der Waals surface area contributed by atoms with E-state index in [1.807, 2.05) is 45.0 Å². The Morgan fingerprint density at radius 1 is 1.28 bits per heavy atom. The van der Waals surface area contributed by atoms with Gasteiger partial charge in [-0.1, -0.05) is 12.1 Å². The van der Waals surface area contributed by atoms with E-state index in [0.717, 1.165) is 11.3 Å². The third-order valence-electron chi connectivity index (χ3n) is 3.98. The molecule has 1 saturated heterocycles. The topological polar surface area (TPSA) is 68.2 Å². The van der Waals surface area contributed by atoms with Crippen LogP contribution in [0.4, 0.5) is 4.79 Å². The van der Waals surface area contributed by atoms with Gasteiger partial charge in [-0.25, -0.2) is 4.79 Å². The Bertz CT molecular complexity index is 552. The molecule has 1 aliphatic rings. The minimum absolute atomic E-state index is 0.0930. The number of ether oxygens (including phenoxy) is 3. The van der Waals surface area contributed by atoms with Gasteiger partial charge in [-0.15, -0.1) is 0 Å². The minimum Gasteiger partial charge on any atom is -0.497 e. The standard InChI is InChI=1S/C19H29NO5/c1-19(2,3)25-18(22)20-10-9-17(11-15(21)12-20)24-13-14-5-7-16(23-4)8-6-14/h5-8,15,17,21H,9-13H2,1-4H3/t15-,17+/m1/s1. The van der Waals surface area contributed by atoms with Crippen molar-refractivity contribution < 1.29 is 24.1 Å². The summed E-state index contributed by atoms with van der Waals surface area (Å²) in [6, 6.07) is 7.70.